The quantitative estimate of drug-likeness (QED) is 0.801. The lowest BCUT2D eigenvalue weighted by Gasteiger charge is -2.27. The Labute approximate surface area is 165 Å². The summed E-state index contributed by atoms with van der Waals surface area (Å²) < 4.78 is 4.01. The fraction of sp³-hybridized carbons (Fsp3) is 0.476. The molecule has 7 nitrogen and oxygen atoms in total. The normalized spacial score (nSPS) is 18.9. The third-order valence-electron chi connectivity index (χ3n) is 5.65. The molecule has 1 aliphatic carbocycles. The van der Waals surface area contributed by atoms with Gasteiger partial charge in [0.25, 0.3) is 0 Å². The van der Waals surface area contributed by atoms with Gasteiger partial charge in [-0.25, -0.2) is 10.1 Å². The number of carbonyl (C=O) groups is 2. The second kappa shape index (κ2) is 7.66. The number of carbonyl (C=O) groups excluding carboxylic acids is 2. The molecule has 2 N–H and O–H groups in total. The van der Waals surface area contributed by atoms with Crippen molar-refractivity contribution in [2.24, 2.45) is 7.05 Å². The monoisotopic (exact) mass is 382 g/mol. The van der Waals surface area contributed by atoms with Gasteiger partial charge in [0.1, 0.15) is 18.3 Å². The SMILES string of the molecule is CNC(=O)N1CCC/C(=[N+](\C(=O)NCc2cn(C)c3ccccc23)C2CC2)C1. The van der Waals surface area contributed by atoms with Crippen molar-refractivity contribution in [2.45, 2.75) is 38.3 Å². The van der Waals surface area contributed by atoms with Crippen molar-refractivity contribution in [1.82, 2.24) is 20.1 Å². The van der Waals surface area contributed by atoms with Gasteiger partial charge in [0, 0.05) is 49.7 Å². The lowest BCUT2D eigenvalue weighted by Crippen LogP contribution is -2.49. The summed E-state index contributed by atoms with van der Waals surface area (Å²) in [6, 6.07) is 8.36. The van der Waals surface area contributed by atoms with Gasteiger partial charge in [-0.15, -0.1) is 0 Å². The van der Waals surface area contributed by atoms with E-state index < -0.39 is 0 Å². The number of piperidine rings is 1. The van der Waals surface area contributed by atoms with Crippen LogP contribution in [0.1, 0.15) is 31.2 Å². The average molecular weight is 382 g/mol. The van der Waals surface area contributed by atoms with Crippen LogP contribution in [-0.2, 0) is 13.6 Å². The standard InChI is InChI=1S/C21H27N5O2/c1-22-20(27)25-11-5-6-17(14-25)26(16-9-10-16)21(28)23-12-15-13-24(2)19-8-4-3-7-18(15)19/h3-4,7-8,13,16H,5-6,9-12,14H2,1-2H3,(H-,22,23,27,28)/p+1/b26-17+. The Kier molecular flexibility index (Phi) is 5.07. The molecular weight excluding hydrogens is 354 g/mol. The van der Waals surface area contributed by atoms with E-state index >= 15 is 0 Å². The number of nitrogens with one attached hydrogen (secondary N) is 2. The fourth-order valence-electron chi connectivity index (χ4n) is 4.10. The highest BCUT2D eigenvalue weighted by atomic mass is 16.2. The first-order valence-corrected chi connectivity index (χ1v) is 10.00. The van der Waals surface area contributed by atoms with E-state index in [9.17, 15) is 9.59 Å². The summed E-state index contributed by atoms with van der Waals surface area (Å²) in [7, 11) is 3.67. The van der Waals surface area contributed by atoms with Gasteiger partial charge in [-0.05, 0) is 25.3 Å². The van der Waals surface area contributed by atoms with Crippen LogP contribution in [0.2, 0.25) is 0 Å². The van der Waals surface area contributed by atoms with Gasteiger partial charge in [0.15, 0.2) is 0 Å². The maximum Gasteiger partial charge on any atom is 0.491 e. The number of aromatic nitrogens is 1. The molecule has 2 aromatic rings. The number of benzene rings is 1. The first kappa shape index (κ1) is 18.5. The molecule has 1 aromatic carbocycles. The van der Waals surface area contributed by atoms with Crippen molar-refractivity contribution in [1.29, 1.82) is 0 Å². The van der Waals surface area contributed by atoms with Crippen LogP contribution in [0.3, 0.4) is 0 Å². The molecule has 0 spiro atoms. The summed E-state index contributed by atoms with van der Waals surface area (Å²) in [4.78, 5) is 26.8. The van der Waals surface area contributed by atoms with Gasteiger partial charge in [-0.3, -0.25) is 0 Å². The number of hydrogen-bond donors (Lipinski definition) is 2. The van der Waals surface area contributed by atoms with Gasteiger partial charge in [0.05, 0.1) is 6.54 Å². The van der Waals surface area contributed by atoms with Crippen molar-refractivity contribution in [3.63, 3.8) is 0 Å². The maximum absolute atomic E-state index is 13.1. The molecule has 1 saturated heterocycles. The van der Waals surface area contributed by atoms with Crippen LogP contribution < -0.4 is 10.6 Å². The van der Waals surface area contributed by atoms with E-state index in [1.54, 1.807) is 11.9 Å². The van der Waals surface area contributed by atoms with Crippen LogP contribution in [0.25, 0.3) is 10.9 Å². The molecule has 0 bridgehead atoms. The summed E-state index contributed by atoms with van der Waals surface area (Å²) >= 11 is 0. The van der Waals surface area contributed by atoms with Gasteiger partial charge in [-0.2, -0.15) is 9.37 Å². The van der Waals surface area contributed by atoms with Crippen LogP contribution in [0, 0.1) is 0 Å². The molecule has 1 aliphatic heterocycles. The van der Waals surface area contributed by atoms with Crippen molar-refractivity contribution in [3.8, 4) is 0 Å². The van der Waals surface area contributed by atoms with Crippen LogP contribution in [0.5, 0.6) is 0 Å². The smallest absolute Gasteiger partial charge is 0.350 e. The van der Waals surface area contributed by atoms with E-state index in [0.29, 0.717) is 13.1 Å². The molecule has 4 rings (SSSR count). The lowest BCUT2D eigenvalue weighted by atomic mass is 10.1. The second-order valence-electron chi connectivity index (χ2n) is 7.69. The minimum atomic E-state index is -0.0795. The predicted octanol–water partition coefficient (Wildman–Crippen LogP) is 2.44. The highest BCUT2D eigenvalue weighted by Crippen LogP contribution is 2.26. The molecule has 0 unspecified atom stereocenters. The number of hydrogen-bond acceptors (Lipinski definition) is 2. The number of para-hydroxylation sites is 1. The summed E-state index contributed by atoms with van der Waals surface area (Å²) in [6.45, 7) is 1.76. The molecule has 1 aromatic heterocycles. The Morgan fingerprint density at radius 3 is 2.79 bits per heavy atom. The number of rotatable bonds is 3. The molecule has 148 valence electrons. The van der Waals surface area contributed by atoms with Crippen LogP contribution in [0.4, 0.5) is 9.59 Å². The molecule has 2 fully saturated rings. The van der Waals surface area contributed by atoms with Crippen molar-refractivity contribution in [2.75, 3.05) is 20.1 Å². The topological polar surface area (TPSA) is 69.4 Å². The zero-order chi connectivity index (χ0) is 19.7. The molecule has 2 heterocycles. The molecule has 28 heavy (non-hydrogen) atoms. The minimum Gasteiger partial charge on any atom is -0.350 e. The Balaban J connectivity index is 1.52. The first-order valence-electron chi connectivity index (χ1n) is 10.00. The Hall–Kier alpha value is -2.83. The number of likely N-dealkylation sites (tertiary alicyclic amines) is 1. The van der Waals surface area contributed by atoms with Gasteiger partial charge in [0.2, 0.25) is 0 Å². The lowest BCUT2D eigenvalue weighted by molar-refractivity contribution is -0.447. The van der Waals surface area contributed by atoms with Crippen LogP contribution in [0.15, 0.2) is 30.5 Å². The highest BCUT2D eigenvalue weighted by molar-refractivity contribution is 5.91. The van der Waals surface area contributed by atoms with Gasteiger partial charge >= 0.3 is 12.1 Å². The predicted molar refractivity (Wildman–Crippen MR) is 109 cm³/mol. The number of urea groups is 2. The minimum absolute atomic E-state index is 0.0517. The molecule has 1 saturated carbocycles. The van der Waals surface area contributed by atoms with E-state index in [4.69, 9.17) is 0 Å². The summed E-state index contributed by atoms with van der Waals surface area (Å²) in [5, 5.41) is 6.97. The van der Waals surface area contributed by atoms with E-state index in [2.05, 4.69) is 33.5 Å². The van der Waals surface area contributed by atoms with Crippen LogP contribution >= 0.6 is 0 Å². The Morgan fingerprint density at radius 2 is 2.04 bits per heavy atom. The van der Waals surface area contributed by atoms with E-state index in [0.717, 1.165) is 49.0 Å². The summed E-state index contributed by atoms with van der Waals surface area (Å²) in [6.07, 6.45) is 5.90. The Morgan fingerprint density at radius 1 is 1.25 bits per heavy atom. The Bertz CT molecular complexity index is 941. The van der Waals surface area contributed by atoms with Crippen molar-refractivity contribution >= 4 is 28.7 Å². The molecule has 4 amide bonds. The molecular formula is C21H28N5O2+. The van der Waals surface area contributed by atoms with Gasteiger partial charge in [-0.1, -0.05) is 18.2 Å². The van der Waals surface area contributed by atoms with E-state index in [1.165, 1.54) is 5.39 Å². The number of aryl methyl sites for hydroxylation is 1. The molecule has 0 atom stereocenters. The van der Waals surface area contributed by atoms with Gasteiger partial charge < -0.3 is 14.8 Å². The second-order valence-corrected chi connectivity index (χ2v) is 7.69. The highest BCUT2D eigenvalue weighted by Gasteiger charge is 2.38. The van der Waals surface area contributed by atoms with Crippen LogP contribution in [-0.4, -0.2) is 58.0 Å². The third-order valence-corrected chi connectivity index (χ3v) is 5.65. The number of amides is 4. The summed E-state index contributed by atoms with van der Waals surface area (Å²) in [5.41, 5.74) is 3.32. The number of nitrogens with zero attached hydrogens (tertiary/aromatic N) is 3. The van der Waals surface area contributed by atoms with Crippen molar-refractivity contribution < 1.29 is 14.2 Å². The van der Waals surface area contributed by atoms with E-state index in [-0.39, 0.29) is 18.1 Å². The zero-order valence-electron chi connectivity index (χ0n) is 16.6. The third kappa shape index (κ3) is 3.61. The largest absolute Gasteiger partial charge is 0.491 e. The molecule has 7 heteroatoms. The summed E-state index contributed by atoms with van der Waals surface area (Å²) in [5.74, 6) is 0. The number of fused-ring (bicyclic) bond motifs is 1. The average Bonchev–Trinajstić information content (AvgIpc) is 3.50. The molecule has 2 aliphatic rings. The first-order chi connectivity index (χ1) is 13.6. The van der Waals surface area contributed by atoms with E-state index in [1.807, 2.05) is 23.8 Å². The fourth-order valence-corrected chi connectivity index (χ4v) is 4.10. The zero-order valence-corrected chi connectivity index (χ0v) is 16.6. The maximum atomic E-state index is 13.1. The molecule has 0 radical (unpaired) electrons. The van der Waals surface area contributed by atoms with Crippen molar-refractivity contribution in [3.05, 3.63) is 36.0 Å².